The van der Waals surface area contributed by atoms with Crippen molar-refractivity contribution >= 4 is 38.8 Å². The molecular formula is C26H25F3N4O3S2. The molecule has 0 aliphatic heterocycles. The number of alkyl halides is 3. The van der Waals surface area contributed by atoms with Gasteiger partial charge in [-0.25, -0.2) is 8.42 Å². The largest absolute Gasteiger partial charge is 0.416 e. The molecule has 7 nitrogen and oxygen atoms in total. The monoisotopic (exact) mass is 562 g/mol. The molecule has 12 heteroatoms. The van der Waals surface area contributed by atoms with Crippen LogP contribution >= 0.6 is 11.8 Å². The normalized spacial score (nSPS) is 13.5. The van der Waals surface area contributed by atoms with Crippen LogP contribution in [0.1, 0.15) is 25.0 Å². The van der Waals surface area contributed by atoms with Gasteiger partial charge in [0, 0.05) is 22.6 Å². The Hall–Kier alpha value is -3.77. The number of hydrogen-bond donors (Lipinski definition) is 3. The van der Waals surface area contributed by atoms with E-state index in [1.807, 2.05) is 0 Å². The number of anilines is 3. The molecule has 0 heterocycles. The van der Waals surface area contributed by atoms with Gasteiger partial charge in [0.2, 0.25) is 0 Å². The van der Waals surface area contributed by atoms with Gasteiger partial charge < -0.3 is 10.6 Å². The zero-order valence-electron chi connectivity index (χ0n) is 20.4. The third kappa shape index (κ3) is 7.17. The van der Waals surface area contributed by atoms with Crippen molar-refractivity contribution in [2.45, 2.75) is 29.8 Å². The number of hydrogen-bond acceptors (Lipinski definition) is 7. The fourth-order valence-electron chi connectivity index (χ4n) is 3.39. The number of nitrogens with zero attached hydrogens (tertiary/aromatic N) is 1. The molecule has 1 unspecified atom stereocenters. The zero-order valence-corrected chi connectivity index (χ0v) is 22.0. The van der Waals surface area contributed by atoms with E-state index in [0.29, 0.717) is 11.3 Å². The molecule has 0 aliphatic rings. The van der Waals surface area contributed by atoms with Crippen molar-refractivity contribution < 1.29 is 21.6 Å². The third-order valence-electron chi connectivity index (χ3n) is 5.21. The van der Waals surface area contributed by atoms with Gasteiger partial charge >= 0.3 is 6.18 Å². The lowest BCUT2D eigenvalue weighted by atomic mass is 10.1. The predicted molar refractivity (Wildman–Crippen MR) is 147 cm³/mol. The number of benzene rings is 3. The van der Waals surface area contributed by atoms with Crippen molar-refractivity contribution in [1.82, 2.24) is 0 Å². The summed E-state index contributed by atoms with van der Waals surface area (Å²) in [4.78, 5) is 10.4. The Morgan fingerprint density at radius 3 is 2.29 bits per heavy atom. The molecule has 0 bridgehead atoms. The van der Waals surface area contributed by atoms with Crippen LogP contribution in [-0.2, 0) is 21.1 Å². The van der Waals surface area contributed by atoms with Crippen molar-refractivity contribution in [2.24, 2.45) is 5.18 Å². The zero-order chi connectivity index (χ0) is 28.0. The molecule has 0 fully saturated rings. The molecule has 0 saturated carbocycles. The minimum Gasteiger partial charge on any atom is -0.342 e. The number of thioether (sulfide) groups is 1. The summed E-state index contributed by atoms with van der Waals surface area (Å²) in [5.74, 6) is 0.0421. The summed E-state index contributed by atoms with van der Waals surface area (Å²) in [7, 11) is -4.03. The van der Waals surface area contributed by atoms with Crippen LogP contribution < -0.4 is 15.4 Å². The third-order valence-corrected chi connectivity index (χ3v) is 7.75. The van der Waals surface area contributed by atoms with Crippen molar-refractivity contribution in [3.8, 4) is 0 Å². The molecule has 0 amide bonds. The molecule has 0 radical (unpaired) electrons. The van der Waals surface area contributed by atoms with E-state index in [9.17, 15) is 26.5 Å². The van der Waals surface area contributed by atoms with Gasteiger partial charge in [-0.3, -0.25) is 4.72 Å². The molecule has 0 aliphatic carbocycles. The number of halogens is 3. The summed E-state index contributed by atoms with van der Waals surface area (Å²) in [5.41, 5.74) is 0.111. The number of para-hydroxylation sites is 1. The molecule has 200 valence electrons. The van der Waals surface area contributed by atoms with E-state index in [1.165, 1.54) is 30.3 Å². The van der Waals surface area contributed by atoms with Crippen LogP contribution in [-0.4, -0.2) is 8.42 Å². The van der Waals surface area contributed by atoms with Crippen LogP contribution in [0, 0.1) is 4.91 Å². The average molecular weight is 563 g/mol. The number of rotatable bonds is 11. The lowest BCUT2D eigenvalue weighted by molar-refractivity contribution is -0.137. The fraction of sp³-hybridized carbons (Fsp3) is 0.154. The van der Waals surface area contributed by atoms with E-state index in [1.54, 1.807) is 55.7 Å². The minimum absolute atomic E-state index is 0.0421. The number of allylic oxidation sites excluding steroid dienone is 1. The van der Waals surface area contributed by atoms with Gasteiger partial charge in [-0.1, -0.05) is 54.7 Å². The SMILES string of the molecule is C=C(Nc1cccc(C(F)(F)F)c1)Nc1cc(S(=O)(=O)Nc2ccccc2)ccc1C(C)(N=O)S/C=C\C. The minimum atomic E-state index is -4.53. The Bertz CT molecular complexity index is 1450. The first-order valence-corrected chi connectivity index (χ1v) is 13.5. The highest BCUT2D eigenvalue weighted by molar-refractivity contribution is 8.03. The summed E-state index contributed by atoms with van der Waals surface area (Å²) < 4.78 is 68.0. The van der Waals surface area contributed by atoms with Crippen LogP contribution in [0.5, 0.6) is 0 Å². The topological polar surface area (TPSA) is 99.7 Å². The van der Waals surface area contributed by atoms with Crippen molar-refractivity contribution in [3.05, 3.63) is 113 Å². The highest BCUT2D eigenvalue weighted by atomic mass is 32.2. The quantitative estimate of drug-likeness (QED) is 0.207. The molecule has 3 aromatic carbocycles. The second-order valence-electron chi connectivity index (χ2n) is 8.15. The first-order valence-electron chi connectivity index (χ1n) is 11.1. The number of nitroso groups, excluding NO2 is 1. The smallest absolute Gasteiger partial charge is 0.342 e. The Morgan fingerprint density at radius 2 is 1.66 bits per heavy atom. The van der Waals surface area contributed by atoms with E-state index in [0.717, 1.165) is 23.9 Å². The molecule has 1 atom stereocenters. The highest BCUT2D eigenvalue weighted by Crippen LogP contribution is 2.43. The highest BCUT2D eigenvalue weighted by Gasteiger charge is 2.32. The second kappa shape index (κ2) is 11.7. The van der Waals surface area contributed by atoms with Crippen LogP contribution in [0.3, 0.4) is 0 Å². The average Bonchev–Trinajstić information content (AvgIpc) is 2.87. The molecule has 0 aromatic heterocycles. The van der Waals surface area contributed by atoms with Gasteiger partial charge in [0.1, 0.15) is 5.82 Å². The summed E-state index contributed by atoms with van der Waals surface area (Å²) in [6.45, 7) is 7.14. The fourth-order valence-corrected chi connectivity index (χ4v) is 5.23. The van der Waals surface area contributed by atoms with Crippen molar-refractivity contribution in [3.63, 3.8) is 0 Å². The van der Waals surface area contributed by atoms with Gasteiger partial charge in [0.25, 0.3) is 10.0 Å². The van der Waals surface area contributed by atoms with E-state index < -0.39 is 26.6 Å². The van der Waals surface area contributed by atoms with Gasteiger partial charge in [-0.05, 0) is 66.9 Å². The maximum Gasteiger partial charge on any atom is 0.416 e. The lowest BCUT2D eigenvalue weighted by Gasteiger charge is -2.25. The summed E-state index contributed by atoms with van der Waals surface area (Å²) >= 11 is 1.10. The van der Waals surface area contributed by atoms with E-state index in [-0.39, 0.29) is 22.1 Å². The maximum absolute atomic E-state index is 13.1. The van der Waals surface area contributed by atoms with Gasteiger partial charge in [-0.2, -0.15) is 13.2 Å². The van der Waals surface area contributed by atoms with Crippen LogP contribution in [0.4, 0.5) is 30.2 Å². The second-order valence-corrected chi connectivity index (χ2v) is 11.1. The van der Waals surface area contributed by atoms with Crippen LogP contribution in [0.25, 0.3) is 0 Å². The predicted octanol–water partition coefficient (Wildman–Crippen LogP) is 7.71. The number of nitrogens with one attached hydrogen (secondary N) is 3. The van der Waals surface area contributed by atoms with E-state index in [4.69, 9.17) is 0 Å². The first kappa shape index (κ1) is 28.8. The number of sulfonamides is 1. The lowest BCUT2D eigenvalue weighted by Crippen LogP contribution is -2.19. The summed E-state index contributed by atoms with van der Waals surface area (Å²) in [6.07, 6.45) is -2.81. The Morgan fingerprint density at radius 1 is 0.974 bits per heavy atom. The van der Waals surface area contributed by atoms with Crippen molar-refractivity contribution in [2.75, 3.05) is 15.4 Å². The van der Waals surface area contributed by atoms with Gasteiger partial charge in [0.05, 0.1) is 10.5 Å². The maximum atomic E-state index is 13.1. The standard InChI is InChI=1S/C26H25F3N4O3S2/c1-4-15-37-25(3,33-34)23-14-13-22(38(35,36)32-20-10-6-5-7-11-20)17-24(23)31-18(2)30-21-12-8-9-19(16-21)26(27,28)29/h4-17,30-32H,2H2,1,3H3/b15-4-. The molecule has 0 spiro atoms. The van der Waals surface area contributed by atoms with Crippen LogP contribution in [0.15, 0.2) is 107 Å². The molecular weight excluding hydrogens is 537 g/mol. The van der Waals surface area contributed by atoms with Crippen molar-refractivity contribution in [1.29, 1.82) is 0 Å². The van der Waals surface area contributed by atoms with Crippen LogP contribution in [0.2, 0.25) is 0 Å². The summed E-state index contributed by atoms with van der Waals surface area (Å²) in [6, 6.07) is 16.9. The molecule has 0 saturated heterocycles. The molecule has 3 rings (SSSR count). The Labute approximate surface area is 223 Å². The first-order chi connectivity index (χ1) is 17.9. The molecule has 3 aromatic rings. The summed E-state index contributed by atoms with van der Waals surface area (Å²) in [5, 5.41) is 10.6. The van der Waals surface area contributed by atoms with E-state index in [2.05, 4.69) is 27.1 Å². The molecule has 38 heavy (non-hydrogen) atoms. The Kier molecular flexibility index (Phi) is 8.89. The van der Waals surface area contributed by atoms with Gasteiger partial charge in [0.15, 0.2) is 4.87 Å². The molecule has 3 N–H and O–H groups in total. The Balaban J connectivity index is 2.00. The van der Waals surface area contributed by atoms with E-state index >= 15 is 0 Å². The van der Waals surface area contributed by atoms with Gasteiger partial charge in [-0.15, -0.1) is 4.91 Å².